The molecular formula is C38H50O6. The number of hydrogen-bond donors (Lipinski definition) is 3. The first-order chi connectivity index (χ1) is 20.3. The average Bonchev–Trinajstić information content (AvgIpc) is 2.91. The van der Waals surface area contributed by atoms with Gasteiger partial charge in [-0.2, -0.15) is 0 Å². The van der Waals surface area contributed by atoms with Crippen LogP contribution in [0.2, 0.25) is 0 Å². The molecule has 0 radical (unpaired) electrons. The summed E-state index contributed by atoms with van der Waals surface area (Å²) in [6.45, 7) is 21.9. The molecule has 0 spiro atoms. The van der Waals surface area contributed by atoms with Gasteiger partial charge in [-0.05, 0) is 116 Å². The summed E-state index contributed by atoms with van der Waals surface area (Å²) in [7, 11) is 0. The first kappa shape index (κ1) is 34.8. The lowest BCUT2D eigenvalue weighted by atomic mass is 9.39. The number of Topliss-reactive ketones (excluding diaryl/α,β-unsaturated/α-hetero) is 3. The quantitative estimate of drug-likeness (QED) is 0.0766. The molecule has 1 saturated carbocycles. The van der Waals surface area contributed by atoms with Crippen LogP contribution in [-0.2, 0) is 9.59 Å². The fourth-order valence-corrected chi connectivity index (χ4v) is 7.09. The predicted molar refractivity (Wildman–Crippen MR) is 176 cm³/mol. The van der Waals surface area contributed by atoms with Crippen molar-refractivity contribution in [3.8, 4) is 11.5 Å². The van der Waals surface area contributed by atoms with E-state index in [1.54, 1.807) is 0 Å². The van der Waals surface area contributed by atoms with E-state index in [0.29, 0.717) is 12.8 Å². The molecule has 0 heterocycles. The first-order valence-corrected chi connectivity index (χ1v) is 15.5. The smallest absolute Gasteiger partial charge is 0.200 e. The van der Waals surface area contributed by atoms with Gasteiger partial charge in [0.25, 0.3) is 0 Å². The minimum Gasteiger partial charge on any atom is -0.510 e. The molecule has 1 aromatic carbocycles. The van der Waals surface area contributed by atoms with Crippen LogP contribution in [0.5, 0.6) is 11.5 Å². The highest BCUT2D eigenvalue weighted by Gasteiger charge is 2.72. The molecule has 0 amide bonds. The molecule has 6 nitrogen and oxygen atoms in total. The SMILES string of the molecule is C=C(C)[C@H](CC=C(C)C)C[C@@]12C[C@@H](CC=C(C)C)C(C)(C)C(CC=C(C)C)(C(=O)C(C(=O)c3ccc(O)c(O)c3)=C1O)C2=O. The molecule has 1 fully saturated rings. The van der Waals surface area contributed by atoms with Crippen molar-refractivity contribution in [1.82, 2.24) is 0 Å². The third kappa shape index (κ3) is 6.00. The number of allylic oxidation sites excluding steroid dienone is 9. The third-order valence-electron chi connectivity index (χ3n) is 10.0. The van der Waals surface area contributed by atoms with Gasteiger partial charge >= 0.3 is 0 Å². The monoisotopic (exact) mass is 602 g/mol. The summed E-state index contributed by atoms with van der Waals surface area (Å²) in [5.74, 6) is -3.57. The summed E-state index contributed by atoms with van der Waals surface area (Å²) in [6, 6.07) is 3.56. The number of carbonyl (C=O) groups excluding carboxylic acids is 3. The van der Waals surface area contributed by atoms with Gasteiger partial charge in [0.15, 0.2) is 28.8 Å². The number of fused-ring (bicyclic) bond motifs is 2. The van der Waals surface area contributed by atoms with Crippen LogP contribution < -0.4 is 0 Å². The number of phenols is 2. The molecule has 3 rings (SSSR count). The van der Waals surface area contributed by atoms with Crippen LogP contribution in [0.4, 0.5) is 0 Å². The van der Waals surface area contributed by atoms with Gasteiger partial charge in [-0.3, -0.25) is 14.4 Å². The van der Waals surface area contributed by atoms with E-state index in [0.717, 1.165) is 28.4 Å². The molecule has 1 aromatic rings. The van der Waals surface area contributed by atoms with E-state index >= 15 is 4.79 Å². The van der Waals surface area contributed by atoms with Gasteiger partial charge in [-0.1, -0.05) is 60.9 Å². The Morgan fingerprint density at radius 1 is 0.932 bits per heavy atom. The van der Waals surface area contributed by atoms with E-state index in [1.165, 1.54) is 12.1 Å². The molecule has 6 heteroatoms. The van der Waals surface area contributed by atoms with Crippen LogP contribution in [0.1, 0.15) is 105 Å². The van der Waals surface area contributed by atoms with E-state index in [9.17, 15) is 24.9 Å². The van der Waals surface area contributed by atoms with Gasteiger partial charge in [-0.15, -0.1) is 0 Å². The van der Waals surface area contributed by atoms with E-state index in [-0.39, 0.29) is 42.4 Å². The van der Waals surface area contributed by atoms with Crippen LogP contribution in [-0.4, -0.2) is 32.7 Å². The molecule has 44 heavy (non-hydrogen) atoms. The van der Waals surface area contributed by atoms with E-state index in [4.69, 9.17) is 0 Å². The Bertz CT molecular complexity index is 1490. The fourth-order valence-electron chi connectivity index (χ4n) is 7.09. The molecule has 1 unspecified atom stereocenters. The minimum absolute atomic E-state index is 0.0602. The molecule has 0 aliphatic heterocycles. The average molecular weight is 603 g/mol. The zero-order valence-electron chi connectivity index (χ0n) is 27.9. The third-order valence-corrected chi connectivity index (χ3v) is 10.0. The normalized spacial score (nSPS) is 24.8. The molecule has 3 N–H and O–H groups in total. The number of carbonyl (C=O) groups is 3. The largest absolute Gasteiger partial charge is 0.510 e. The number of aliphatic hydroxyl groups is 1. The van der Waals surface area contributed by atoms with E-state index in [1.807, 2.05) is 68.4 Å². The summed E-state index contributed by atoms with van der Waals surface area (Å²) in [5.41, 5.74) is -0.430. The Morgan fingerprint density at radius 2 is 1.52 bits per heavy atom. The van der Waals surface area contributed by atoms with Crippen molar-refractivity contribution in [3.63, 3.8) is 0 Å². The molecule has 2 aliphatic carbocycles. The van der Waals surface area contributed by atoms with Gasteiger partial charge in [0.05, 0.1) is 5.41 Å². The number of hydrogen-bond acceptors (Lipinski definition) is 6. The lowest BCUT2D eigenvalue weighted by molar-refractivity contribution is -0.172. The maximum atomic E-state index is 15.2. The zero-order valence-corrected chi connectivity index (χ0v) is 27.9. The maximum absolute atomic E-state index is 15.2. The highest BCUT2D eigenvalue weighted by atomic mass is 16.3. The van der Waals surface area contributed by atoms with Gasteiger partial charge in [0.1, 0.15) is 16.7 Å². The van der Waals surface area contributed by atoms with Crippen LogP contribution in [0, 0.1) is 28.1 Å². The highest BCUT2D eigenvalue weighted by molar-refractivity contribution is 6.35. The summed E-state index contributed by atoms with van der Waals surface area (Å²) in [4.78, 5) is 44.3. The van der Waals surface area contributed by atoms with Crippen molar-refractivity contribution in [2.24, 2.45) is 28.1 Å². The standard InChI is InChI=1S/C38H50O6/c1-22(2)11-13-27(25(7)8)20-37-21-28(15-12-23(3)4)36(9,10)38(35(37)44,18-17-24(5)6)34(43)31(33(37)42)32(41)26-14-16-29(39)30(40)19-26/h11-12,14,16-17,19,27-28,39-40,42H,7,13,15,18,20-21H2,1-6,8-10H3/t27-,28-,37-,38?/m1/s1. The van der Waals surface area contributed by atoms with Crippen LogP contribution >= 0.6 is 0 Å². The Morgan fingerprint density at radius 3 is 2.05 bits per heavy atom. The van der Waals surface area contributed by atoms with Gasteiger partial charge in [-0.25, -0.2) is 0 Å². The van der Waals surface area contributed by atoms with Gasteiger partial charge in [0, 0.05) is 5.56 Å². The summed E-state index contributed by atoms with van der Waals surface area (Å²) < 4.78 is 0. The van der Waals surface area contributed by atoms with E-state index in [2.05, 4.69) is 18.7 Å². The number of aliphatic hydroxyl groups excluding tert-OH is 1. The number of aromatic hydroxyl groups is 2. The molecule has 2 aliphatic rings. The second-order valence-electron chi connectivity index (χ2n) is 14.3. The van der Waals surface area contributed by atoms with Gasteiger partial charge < -0.3 is 15.3 Å². The van der Waals surface area contributed by atoms with Crippen LogP contribution in [0.3, 0.4) is 0 Å². The second kappa shape index (κ2) is 12.7. The Kier molecular flexibility index (Phi) is 10.1. The van der Waals surface area contributed by atoms with Crippen molar-refractivity contribution in [2.75, 3.05) is 0 Å². The van der Waals surface area contributed by atoms with Crippen LogP contribution in [0.15, 0.2) is 76.6 Å². The van der Waals surface area contributed by atoms with Crippen molar-refractivity contribution >= 4 is 17.3 Å². The molecule has 2 bridgehead atoms. The Hall–Kier alpha value is -3.67. The Balaban J connectivity index is 2.46. The molecule has 238 valence electrons. The topological polar surface area (TPSA) is 112 Å². The number of phenolic OH excluding ortho intramolecular Hbond substituents is 2. The second-order valence-corrected chi connectivity index (χ2v) is 14.3. The lowest BCUT2D eigenvalue weighted by Crippen LogP contribution is -2.67. The summed E-state index contributed by atoms with van der Waals surface area (Å²) in [6.07, 6.45) is 7.90. The number of rotatable bonds is 11. The molecular weight excluding hydrogens is 552 g/mol. The summed E-state index contributed by atoms with van der Waals surface area (Å²) in [5, 5.41) is 32.3. The number of benzene rings is 1. The van der Waals surface area contributed by atoms with Crippen molar-refractivity contribution in [3.05, 3.63) is 82.2 Å². The minimum atomic E-state index is -1.62. The lowest BCUT2D eigenvalue weighted by Gasteiger charge is -2.60. The zero-order chi connectivity index (χ0) is 33.4. The molecule has 0 aromatic heterocycles. The fraction of sp³-hybridized carbons (Fsp3) is 0.500. The Labute approximate surface area is 263 Å². The summed E-state index contributed by atoms with van der Waals surface area (Å²) >= 11 is 0. The van der Waals surface area contributed by atoms with Crippen molar-refractivity contribution < 1.29 is 29.7 Å². The molecule has 0 saturated heterocycles. The first-order valence-electron chi connectivity index (χ1n) is 15.5. The van der Waals surface area contributed by atoms with Crippen molar-refractivity contribution in [2.45, 2.75) is 94.4 Å². The number of ketones is 3. The highest BCUT2D eigenvalue weighted by Crippen LogP contribution is 2.67. The maximum Gasteiger partial charge on any atom is 0.200 e. The predicted octanol–water partition coefficient (Wildman–Crippen LogP) is 8.91. The molecule has 4 atom stereocenters. The van der Waals surface area contributed by atoms with E-state index < -0.39 is 50.6 Å². The van der Waals surface area contributed by atoms with Gasteiger partial charge in [0.2, 0.25) is 0 Å². The van der Waals surface area contributed by atoms with Crippen molar-refractivity contribution in [1.29, 1.82) is 0 Å². The van der Waals surface area contributed by atoms with Crippen LogP contribution in [0.25, 0.3) is 0 Å².